The molecule has 3 atom stereocenters. The Morgan fingerprint density at radius 1 is 0.921 bits per heavy atom. The van der Waals surface area contributed by atoms with Crippen LogP contribution in [-0.2, 0) is 18.4 Å². The largest absolute Gasteiger partial charge is 0.493 e. The Morgan fingerprint density at radius 3 is 2.08 bits per heavy atom. The summed E-state index contributed by atoms with van der Waals surface area (Å²) in [5.41, 5.74) is 3.06. The first-order valence-electron chi connectivity index (χ1n) is 13.9. The van der Waals surface area contributed by atoms with Gasteiger partial charge in [-0.15, -0.1) is 0 Å². The fourth-order valence-electron chi connectivity index (χ4n) is 6.11. The molecule has 208 valence electrons. The number of methoxy groups -OCH3 is 4. The molecule has 0 spiro atoms. The number of nitrogens with zero attached hydrogens (tertiary/aromatic N) is 2. The number of benzene rings is 2. The second-order valence-electron chi connectivity index (χ2n) is 10.8. The van der Waals surface area contributed by atoms with E-state index in [0.717, 1.165) is 55.7 Å². The van der Waals surface area contributed by atoms with E-state index in [-0.39, 0.29) is 5.92 Å². The van der Waals surface area contributed by atoms with Gasteiger partial charge in [-0.1, -0.05) is 33.3 Å². The van der Waals surface area contributed by atoms with Gasteiger partial charge in [-0.2, -0.15) is 5.26 Å². The maximum atomic E-state index is 10.5. The molecule has 0 N–H and O–H groups in total. The minimum Gasteiger partial charge on any atom is -0.493 e. The molecule has 1 aliphatic heterocycles. The molecule has 0 aliphatic carbocycles. The molecular formula is C32H46N2O4. The van der Waals surface area contributed by atoms with E-state index in [1.54, 1.807) is 28.4 Å². The summed E-state index contributed by atoms with van der Waals surface area (Å²) in [6.45, 7) is 9.80. The van der Waals surface area contributed by atoms with E-state index in [4.69, 9.17) is 18.9 Å². The molecule has 1 unspecified atom stereocenters. The van der Waals surface area contributed by atoms with Crippen LogP contribution >= 0.6 is 0 Å². The van der Waals surface area contributed by atoms with Gasteiger partial charge in [0.1, 0.15) is 0 Å². The van der Waals surface area contributed by atoms with Crippen molar-refractivity contribution in [2.45, 2.75) is 90.3 Å². The molecule has 0 aromatic heterocycles. The third kappa shape index (κ3) is 6.04. The van der Waals surface area contributed by atoms with E-state index < -0.39 is 5.41 Å². The summed E-state index contributed by atoms with van der Waals surface area (Å²) in [5, 5.41) is 10.5. The van der Waals surface area contributed by atoms with Crippen molar-refractivity contribution in [3.63, 3.8) is 0 Å². The molecule has 6 nitrogen and oxygen atoms in total. The standard InChI is InChI=1S/C32H46N2O4/c1-9-11-23(4)34-20-25-18-30(37-7)29(36-6)17-24(25)16-27(34)12-10-15-32(21-33,22(2)3)26-13-14-28(35-5)31(19-26)38-8/h13-14,17-19,22-23,27H,9-12,15-16,20H2,1-8H3/t23?,27-,32+/m1/s1. The minimum atomic E-state index is -0.595. The SMILES string of the molecule is CCCC(C)N1Cc2cc(OC)c(OC)cc2C[C@H]1CCC[C@@](C#N)(c1ccc(OC)c(OC)c1)C(C)C. The topological polar surface area (TPSA) is 64.0 Å². The van der Waals surface area contributed by atoms with Crippen LogP contribution < -0.4 is 18.9 Å². The predicted molar refractivity (Wildman–Crippen MR) is 152 cm³/mol. The van der Waals surface area contributed by atoms with Crippen LogP contribution in [0.2, 0.25) is 0 Å². The Labute approximate surface area is 229 Å². The molecule has 0 bridgehead atoms. The van der Waals surface area contributed by atoms with Crippen LogP contribution in [0.1, 0.15) is 76.5 Å². The van der Waals surface area contributed by atoms with Crippen molar-refractivity contribution in [3.05, 3.63) is 47.0 Å². The van der Waals surface area contributed by atoms with Gasteiger partial charge in [-0.05, 0) is 85.9 Å². The van der Waals surface area contributed by atoms with E-state index >= 15 is 0 Å². The van der Waals surface area contributed by atoms with Gasteiger partial charge >= 0.3 is 0 Å². The molecule has 2 aromatic carbocycles. The summed E-state index contributed by atoms with van der Waals surface area (Å²) in [7, 11) is 6.67. The zero-order chi connectivity index (χ0) is 27.9. The highest BCUT2D eigenvalue weighted by molar-refractivity contribution is 5.49. The van der Waals surface area contributed by atoms with Gasteiger partial charge < -0.3 is 18.9 Å². The number of ether oxygens (including phenoxy) is 4. The molecule has 1 aliphatic rings. The van der Waals surface area contributed by atoms with Crippen LogP contribution in [0.3, 0.4) is 0 Å². The summed E-state index contributed by atoms with van der Waals surface area (Å²) in [6, 6.07) is 13.8. The number of fused-ring (bicyclic) bond motifs is 1. The Bertz CT molecular complexity index is 1110. The molecule has 0 fully saturated rings. The van der Waals surface area contributed by atoms with E-state index in [2.05, 4.69) is 50.8 Å². The van der Waals surface area contributed by atoms with Crippen molar-refractivity contribution in [2.75, 3.05) is 28.4 Å². The molecule has 0 amide bonds. The van der Waals surface area contributed by atoms with Gasteiger partial charge in [0.2, 0.25) is 0 Å². The van der Waals surface area contributed by atoms with Crippen LogP contribution in [0.5, 0.6) is 23.0 Å². The highest BCUT2D eigenvalue weighted by atomic mass is 16.5. The smallest absolute Gasteiger partial charge is 0.161 e. The molecule has 3 rings (SSSR count). The third-order valence-electron chi connectivity index (χ3n) is 8.45. The highest BCUT2D eigenvalue weighted by Crippen LogP contribution is 2.42. The molecule has 0 radical (unpaired) electrons. The lowest BCUT2D eigenvalue weighted by Crippen LogP contribution is -2.45. The summed E-state index contributed by atoms with van der Waals surface area (Å²) < 4.78 is 22.2. The molecule has 2 aromatic rings. The van der Waals surface area contributed by atoms with Crippen LogP contribution in [0.15, 0.2) is 30.3 Å². The summed E-state index contributed by atoms with van der Waals surface area (Å²) in [6.07, 6.45) is 6.09. The third-order valence-corrected chi connectivity index (χ3v) is 8.45. The van der Waals surface area contributed by atoms with Gasteiger partial charge in [-0.25, -0.2) is 0 Å². The highest BCUT2D eigenvalue weighted by Gasteiger charge is 2.37. The van der Waals surface area contributed by atoms with E-state index in [0.29, 0.717) is 23.6 Å². The van der Waals surface area contributed by atoms with Gasteiger partial charge in [-0.3, -0.25) is 4.90 Å². The normalized spacial score (nSPS) is 17.7. The number of nitriles is 1. The second kappa shape index (κ2) is 13.2. The summed E-state index contributed by atoms with van der Waals surface area (Å²) >= 11 is 0. The fourth-order valence-corrected chi connectivity index (χ4v) is 6.11. The molecule has 6 heteroatoms. The van der Waals surface area contributed by atoms with Crippen molar-refractivity contribution in [1.82, 2.24) is 4.90 Å². The molecular weight excluding hydrogens is 476 g/mol. The molecule has 0 saturated heterocycles. The van der Waals surface area contributed by atoms with Crippen LogP contribution in [0.25, 0.3) is 0 Å². The van der Waals surface area contributed by atoms with Crippen molar-refractivity contribution >= 4 is 0 Å². The van der Waals surface area contributed by atoms with Crippen molar-refractivity contribution in [2.24, 2.45) is 5.92 Å². The maximum Gasteiger partial charge on any atom is 0.161 e. The van der Waals surface area contributed by atoms with Crippen molar-refractivity contribution in [3.8, 4) is 29.1 Å². The predicted octanol–water partition coefficient (Wildman–Crippen LogP) is 6.92. The van der Waals surface area contributed by atoms with Crippen LogP contribution in [0.4, 0.5) is 0 Å². The first-order chi connectivity index (χ1) is 18.3. The van der Waals surface area contributed by atoms with Gasteiger partial charge in [0.25, 0.3) is 0 Å². The van der Waals surface area contributed by atoms with Gasteiger partial charge in [0.05, 0.1) is 39.9 Å². The van der Waals surface area contributed by atoms with Crippen molar-refractivity contribution in [1.29, 1.82) is 5.26 Å². The van der Waals surface area contributed by atoms with Crippen molar-refractivity contribution < 1.29 is 18.9 Å². The monoisotopic (exact) mass is 522 g/mol. The quantitative estimate of drug-likeness (QED) is 0.284. The molecule has 0 saturated carbocycles. The van der Waals surface area contributed by atoms with E-state index in [1.165, 1.54) is 17.5 Å². The Balaban J connectivity index is 1.87. The van der Waals surface area contributed by atoms with Crippen LogP contribution in [-0.4, -0.2) is 45.4 Å². The number of hydrogen-bond donors (Lipinski definition) is 0. The average Bonchev–Trinajstić information content (AvgIpc) is 2.93. The van der Waals surface area contributed by atoms with E-state index in [1.807, 2.05) is 18.2 Å². The van der Waals surface area contributed by atoms with Crippen LogP contribution in [0, 0.1) is 17.2 Å². The first-order valence-corrected chi connectivity index (χ1v) is 13.9. The summed E-state index contributed by atoms with van der Waals surface area (Å²) in [5.74, 6) is 3.08. The molecule has 38 heavy (non-hydrogen) atoms. The Kier molecular flexibility index (Phi) is 10.3. The fraction of sp³-hybridized carbons (Fsp3) is 0.594. The zero-order valence-corrected chi connectivity index (χ0v) is 24.6. The lowest BCUT2D eigenvalue weighted by atomic mass is 9.69. The Hall–Kier alpha value is -2.91. The molecule has 1 heterocycles. The first kappa shape index (κ1) is 29.6. The van der Waals surface area contributed by atoms with E-state index in [9.17, 15) is 5.26 Å². The second-order valence-corrected chi connectivity index (χ2v) is 10.8. The Morgan fingerprint density at radius 2 is 1.53 bits per heavy atom. The average molecular weight is 523 g/mol. The maximum absolute atomic E-state index is 10.5. The zero-order valence-electron chi connectivity index (χ0n) is 24.6. The number of rotatable bonds is 13. The summed E-state index contributed by atoms with van der Waals surface area (Å²) in [4.78, 5) is 2.66. The van der Waals surface area contributed by atoms with Gasteiger partial charge in [0, 0.05) is 18.6 Å². The van der Waals surface area contributed by atoms with Gasteiger partial charge in [0.15, 0.2) is 23.0 Å². The lowest BCUT2D eigenvalue weighted by molar-refractivity contribution is 0.104. The number of hydrogen-bond acceptors (Lipinski definition) is 6. The minimum absolute atomic E-state index is 0.157. The lowest BCUT2D eigenvalue weighted by Gasteiger charge is -2.42.